The minimum atomic E-state index is -2.98. The van der Waals surface area contributed by atoms with Crippen LogP contribution in [0.5, 0.6) is 11.5 Å². The van der Waals surface area contributed by atoms with E-state index in [0.717, 1.165) is 36.1 Å². The Bertz CT molecular complexity index is 1500. The van der Waals surface area contributed by atoms with E-state index >= 15 is 0 Å². The number of ether oxygens (including phenoxy) is 2. The van der Waals surface area contributed by atoms with E-state index in [1.807, 2.05) is 30.3 Å². The fourth-order valence-corrected chi connectivity index (χ4v) is 5.80. The molecule has 40 heavy (non-hydrogen) atoms. The molecule has 0 saturated carbocycles. The molecule has 0 amide bonds. The molecule has 210 valence electrons. The molecule has 3 aromatic carbocycles. The molecule has 0 radical (unpaired) electrons. The van der Waals surface area contributed by atoms with Crippen LogP contribution in [0.4, 0.5) is 0 Å². The van der Waals surface area contributed by atoms with Gasteiger partial charge in [0.05, 0.1) is 24.7 Å². The highest BCUT2D eigenvalue weighted by molar-refractivity contribution is 7.91. The molecular formula is C33H36O6S. The molecule has 3 aromatic rings. The second kappa shape index (κ2) is 13.5. The van der Waals surface area contributed by atoms with Gasteiger partial charge in [-0.3, -0.25) is 4.79 Å². The number of sulfone groups is 1. The zero-order valence-electron chi connectivity index (χ0n) is 23.1. The quantitative estimate of drug-likeness (QED) is 0.209. The van der Waals surface area contributed by atoms with Crippen LogP contribution >= 0.6 is 0 Å². The molecule has 1 aliphatic rings. The number of rotatable bonds is 12. The number of hydrogen-bond acceptors (Lipinski definition) is 5. The largest absolute Gasteiger partial charge is 0.494 e. The van der Waals surface area contributed by atoms with Gasteiger partial charge in [0.15, 0.2) is 0 Å². The Hall–Kier alpha value is -3.76. The molecule has 0 heterocycles. The van der Waals surface area contributed by atoms with E-state index in [0.29, 0.717) is 25.4 Å². The van der Waals surface area contributed by atoms with Gasteiger partial charge >= 0.3 is 5.97 Å². The van der Waals surface area contributed by atoms with Gasteiger partial charge in [0.25, 0.3) is 0 Å². The first-order valence-electron chi connectivity index (χ1n) is 13.7. The van der Waals surface area contributed by atoms with E-state index in [9.17, 15) is 18.3 Å². The average molecular weight is 561 g/mol. The van der Waals surface area contributed by atoms with Gasteiger partial charge < -0.3 is 14.6 Å². The number of hydrogen-bond donors (Lipinski definition) is 1. The SMILES string of the molecule is CC#CC(CC(=O)O)c1ccc(OCc2ccc3c(c2)-c2ccc(OCCCS(=O)(=O)CC)cc2CCC3)cc1. The van der Waals surface area contributed by atoms with Crippen molar-refractivity contribution in [1.29, 1.82) is 0 Å². The van der Waals surface area contributed by atoms with Crippen LogP contribution in [-0.4, -0.2) is 37.6 Å². The summed E-state index contributed by atoms with van der Waals surface area (Å²) in [4.78, 5) is 11.2. The van der Waals surface area contributed by atoms with Crippen LogP contribution < -0.4 is 9.47 Å². The summed E-state index contributed by atoms with van der Waals surface area (Å²) in [5.74, 6) is 6.37. The third kappa shape index (κ3) is 7.89. The van der Waals surface area contributed by atoms with Crippen LogP contribution in [0.25, 0.3) is 11.1 Å². The molecule has 0 aliphatic heterocycles. The van der Waals surface area contributed by atoms with E-state index in [1.54, 1.807) is 13.8 Å². The van der Waals surface area contributed by atoms with Crippen molar-refractivity contribution in [1.82, 2.24) is 0 Å². The molecule has 0 bridgehead atoms. The zero-order chi connectivity index (χ0) is 28.5. The molecule has 0 saturated heterocycles. The Morgan fingerprint density at radius 2 is 1.70 bits per heavy atom. The molecule has 4 rings (SSSR count). The van der Waals surface area contributed by atoms with Crippen molar-refractivity contribution in [3.05, 3.63) is 82.9 Å². The van der Waals surface area contributed by atoms with Crippen molar-refractivity contribution in [2.24, 2.45) is 0 Å². The first-order chi connectivity index (χ1) is 19.3. The fourth-order valence-electron chi connectivity index (χ4n) is 4.96. The summed E-state index contributed by atoms with van der Waals surface area (Å²) >= 11 is 0. The van der Waals surface area contributed by atoms with Gasteiger partial charge in [-0.05, 0) is 96.3 Å². The van der Waals surface area contributed by atoms with Crippen LogP contribution in [0.2, 0.25) is 0 Å². The number of fused-ring (bicyclic) bond motifs is 3. The Labute approximate surface area is 237 Å². The Balaban J connectivity index is 1.43. The maximum Gasteiger partial charge on any atom is 0.304 e. The topological polar surface area (TPSA) is 89.9 Å². The highest BCUT2D eigenvalue weighted by Gasteiger charge is 2.17. The molecule has 7 heteroatoms. The Kier molecular flexibility index (Phi) is 9.89. The summed E-state index contributed by atoms with van der Waals surface area (Å²) in [7, 11) is -2.98. The number of carboxylic acid groups (broad SMARTS) is 1. The monoisotopic (exact) mass is 560 g/mol. The van der Waals surface area contributed by atoms with Gasteiger partial charge in [-0.25, -0.2) is 8.42 Å². The highest BCUT2D eigenvalue weighted by Crippen LogP contribution is 2.35. The van der Waals surface area contributed by atoms with Crippen molar-refractivity contribution in [2.75, 3.05) is 18.1 Å². The average Bonchev–Trinajstić information content (AvgIpc) is 3.12. The number of aryl methyl sites for hydroxylation is 2. The van der Waals surface area contributed by atoms with Crippen molar-refractivity contribution in [3.8, 4) is 34.5 Å². The maximum atomic E-state index is 11.7. The van der Waals surface area contributed by atoms with E-state index in [-0.39, 0.29) is 23.8 Å². The lowest BCUT2D eigenvalue weighted by Gasteiger charge is -2.14. The normalized spacial score (nSPS) is 13.2. The molecule has 1 aliphatic carbocycles. The standard InChI is InChI=1S/C33H36O6S/c1-3-7-27(22-33(34)35)25-12-14-29(15-13-25)39-23-24-10-11-26-8-5-9-28-21-30(16-17-31(28)32(26)20-24)38-18-6-19-40(36,37)4-2/h10-17,20-21,27H,4-6,8-9,18-19,22-23H2,1-2H3,(H,34,35). The molecule has 1 N–H and O–H groups in total. The molecule has 0 fully saturated rings. The lowest BCUT2D eigenvalue weighted by molar-refractivity contribution is -0.137. The summed E-state index contributed by atoms with van der Waals surface area (Å²) in [6.07, 6.45) is 3.45. The van der Waals surface area contributed by atoms with Crippen LogP contribution in [0.15, 0.2) is 60.7 Å². The highest BCUT2D eigenvalue weighted by atomic mass is 32.2. The van der Waals surface area contributed by atoms with E-state index in [1.165, 1.54) is 22.3 Å². The summed E-state index contributed by atoms with van der Waals surface area (Å²) in [6.45, 7) is 4.17. The van der Waals surface area contributed by atoms with E-state index in [4.69, 9.17) is 9.47 Å². The second-order valence-corrected chi connectivity index (χ2v) is 12.5. The third-order valence-electron chi connectivity index (χ3n) is 7.13. The first-order valence-corrected chi connectivity index (χ1v) is 15.5. The summed E-state index contributed by atoms with van der Waals surface area (Å²) in [6, 6.07) is 20.1. The summed E-state index contributed by atoms with van der Waals surface area (Å²) in [5, 5.41) is 9.17. The maximum absolute atomic E-state index is 11.7. The molecule has 1 atom stereocenters. The van der Waals surface area contributed by atoms with Crippen LogP contribution in [0.3, 0.4) is 0 Å². The Morgan fingerprint density at radius 1 is 0.950 bits per heavy atom. The molecule has 1 unspecified atom stereocenters. The third-order valence-corrected chi connectivity index (χ3v) is 8.92. The minimum Gasteiger partial charge on any atom is -0.494 e. The smallest absolute Gasteiger partial charge is 0.304 e. The zero-order valence-corrected chi connectivity index (χ0v) is 23.9. The second-order valence-electron chi connectivity index (χ2n) is 10.0. The van der Waals surface area contributed by atoms with Gasteiger partial charge in [0.2, 0.25) is 0 Å². The summed E-state index contributed by atoms with van der Waals surface area (Å²) in [5.41, 5.74) is 6.87. The lowest BCUT2D eigenvalue weighted by atomic mass is 9.95. The van der Waals surface area contributed by atoms with Crippen LogP contribution in [0.1, 0.15) is 61.3 Å². The molecule has 0 spiro atoms. The lowest BCUT2D eigenvalue weighted by Crippen LogP contribution is -2.11. The number of aliphatic carboxylic acids is 1. The molecule has 6 nitrogen and oxygen atoms in total. The van der Waals surface area contributed by atoms with Crippen molar-refractivity contribution in [2.45, 2.75) is 58.5 Å². The fraction of sp³-hybridized carbons (Fsp3) is 0.364. The van der Waals surface area contributed by atoms with Gasteiger partial charge in [-0.1, -0.05) is 43.2 Å². The van der Waals surface area contributed by atoms with Gasteiger partial charge in [-0.15, -0.1) is 5.92 Å². The molecular weight excluding hydrogens is 524 g/mol. The number of carboxylic acids is 1. The van der Waals surface area contributed by atoms with Crippen LogP contribution in [-0.2, 0) is 34.1 Å². The predicted octanol–water partition coefficient (Wildman–Crippen LogP) is 6.21. The summed E-state index contributed by atoms with van der Waals surface area (Å²) < 4.78 is 35.4. The Morgan fingerprint density at radius 3 is 2.42 bits per heavy atom. The van der Waals surface area contributed by atoms with Gasteiger partial charge in [-0.2, -0.15) is 0 Å². The number of carbonyl (C=O) groups is 1. The first kappa shape index (κ1) is 29.2. The van der Waals surface area contributed by atoms with Crippen molar-refractivity contribution in [3.63, 3.8) is 0 Å². The van der Waals surface area contributed by atoms with E-state index < -0.39 is 15.8 Å². The minimum absolute atomic E-state index is 0.0332. The van der Waals surface area contributed by atoms with Crippen molar-refractivity contribution >= 4 is 15.8 Å². The van der Waals surface area contributed by atoms with Gasteiger partial charge in [0.1, 0.15) is 27.9 Å². The number of benzene rings is 3. The van der Waals surface area contributed by atoms with Gasteiger partial charge in [0, 0.05) is 5.75 Å². The van der Waals surface area contributed by atoms with Crippen molar-refractivity contribution < 1.29 is 27.8 Å². The van der Waals surface area contributed by atoms with Crippen LogP contribution in [0, 0.1) is 11.8 Å². The van der Waals surface area contributed by atoms with E-state index in [2.05, 4.69) is 42.2 Å². The predicted molar refractivity (Wildman–Crippen MR) is 158 cm³/mol. The molecule has 0 aromatic heterocycles.